The van der Waals surface area contributed by atoms with Crippen LogP contribution in [0, 0.1) is 13.8 Å². The lowest BCUT2D eigenvalue weighted by molar-refractivity contribution is 0.0470. The van der Waals surface area contributed by atoms with Crippen LogP contribution in [0.2, 0.25) is 0 Å². The number of benzene rings is 1. The van der Waals surface area contributed by atoms with Crippen LogP contribution in [0.4, 0.5) is 0 Å². The molecular formula is C20H20N2O3. The first-order valence-electron chi connectivity index (χ1n) is 8.23. The van der Waals surface area contributed by atoms with E-state index in [1.165, 1.54) is 6.20 Å². The molecule has 0 saturated carbocycles. The molecule has 2 aromatic heterocycles. The first kappa shape index (κ1) is 16.9. The lowest BCUT2D eigenvalue weighted by Crippen LogP contribution is -2.21. The Labute approximate surface area is 145 Å². The van der Waals surface area contributed by atoms with Crippen LogP contribution in [0.15, 0.2) is 47.4 Å². The van der Waals surface area contributed by atoms with Gasteiger partial charge in [0.15, 0.2) is 0 Å². The van der Waals surface area contributed by atoms with E-state index in [-0.39, 0.29) is 17.6 Å². The maximum atomic E-state index is 12.7. The first-order valence-corrected chi connectivity index (χ1v) is 8.23. The molecule has 0 aliphatic carbocycles. The van der Waals surface area contributed by atoms with Crippen LogP contribution in [0.1, 0.15) is 34.1 Å². The van der Waals surface area contributed by atoms with Gasteiger partial charge < -0.3 is 9.30 Å². The van der Waals surface area contributed by atoms with Gasteiger partial charge in [-0.1, -0.05) is 29.8 Å². The summed E-state index contributed by atoms with van der Waals surface area (Å²) in [6.07, 6.45) is 1.54. The quantitative estimate of drug-likeness (QED) is 0.685. The van der Waals surface area contributed by atoms with Crippen molar-refractivity contribution in [3.8, 4) is 0 Å². The van der Waals surface area contributed by atoms with Crippen LogP contribution >= 0.6 is 0 Å². The Kier molecular flexibility index (Phi) is 4.65. The SMILES string of the molecule is CCn1cc(C(=O)OCc2ccc(C)cc2)c(=O)c2ccc(C)nc21. The predicted molar refractivity (Wildman–Crippen MR) is 96.7 cm³/mol. The molecule has 25 heavy (non-hydrogen) atoms. The van der Waals surface area contributed by atoms with E-state index in [1.807, 2.05) is 45.0 Å². The molecule has 0 spiro atoms. The average Bonchev–Trinajstić information content (AvgIpc) is 2.61. The van der Waals surface area contributed by atoms with E-state index < -0.39 is 5.97 Å². The lowest BCUT2D eigenvalue weighted by atomic mass is 10.1. The Morgan fingerprint density at radius 2 is 1.84 bits per heavy atom. The highest BCUT2D eigenvalue weighted by molar-refractivity contribution is 5.93. The summed E-state index contributed by atoms with van der Waals surface area (Å²) in [7, 11) is 0. The molecule has 0 aliphatic heterocycles. The van der Waals surface area contributed by atoms with E-state index in [1.54, 1.807) is 16.7 Å². The molecule has 1 aromatic carbocycles. The van der Waals surface area contributed by atoms with E-state index in [4.69, 9.17) is 4.74 Å². The van der Waals surface area contributed by atoms with Crippen molar-refractivity contribution in [2.45, 2.75) is 33.9 Å². The summed E-state index contributed by atoms with van der Waals surface area (Å²) < 4.78 is 7.13. The minimum absolute atomic E-state index is 0.0344. The molecule has 0 N–H and O–H groups in total. The summed E-state index contributed by atoms with van der Waals surface area (Å²) >= 11 is 0. The maximum Gasteiger partial charge on any atom is 0.344 e. The number of carbonyl (C=O) groups is 1. The number of aryl methyl sites for hydroxylation is 3. The van der Waals surface area contributed by atoms with E-state index in [0.717, 1.165) is 16.8 Å². The number of ether oxygens (including phenoxy) is 1. The standard InChI is InChI=1S/C20H20N2O3/c1-4-22-11-17(18(23)16-10-7-14(3)21-19(16)22)20(24)25-12-15-8-5-13(2)6-9-15/h5-11H,4,12H2,1-3H3. The van der Waals surface area contributed by atoms with E-state index in [2.05, 4.69) is 4.98 Å². The molecule has 5 nitrogen and oxygen atoms in total. The zero-order valence-electron chi connectivity index (χ0n) is 14.6. The van der Waals surface area contributed by atoms with Gasteiger partial charge in [0, 0.05) is 18.4 Å². The zero-order chi connectivity index (χ0) is 18.0. The number of rotatable bonds is 4. The fourth-order valence-electron chi connectivity index (χ4n) is 2.66. The van der Waals surface area contributed by atoms with Gasteiger partial charge in [-0.25, -0.2) is 9.78 Å². The minimum Gasteiger partial charge on any atom is -0.457 e. The Balaban J connectivity index is 1.93. The minimum atomic E-state index is -0.616. The van der Waals surface area contributed by atoms with Crippen LogP contribution in [0.25, 0.3) is 11.0 Å². The largest absolute Gasteiger partial charge is 0.457 e. The third-order valence-corrected chi connectivity index (χ3v) is 4.11. The Morgan fingerprint density at radius 3 is 2.52 bits per heavy atom. The van der Waals surface area contributed by atoms with Crippen molar-refractivity contribution in [1.29, 1.82) is 0 Å². The van der Waals surface area contributed by atoms with Gasteiger partial charge in [-0.3, -0.25) is 4.79 Å². The number of aromatic nitrogens is 2. The van der Waals surface area contributed by atoms with Gasteiger partial charge in [0.2, 0.25) is 5.43 Å². The van der Waals surface area contributed by atoms with Crippen molar-refractivity contribution in [2.75, 3.05) is 0 Å². The molecule has 0 bridgehead atoms. The van der Waals surface area contributed by atoms with Crippen molar-refractivity contribution in [2.24, 2.45) is 0 Å². The van der Waals surface area contributed by atoms with Crippen molar-refractivity contribution in [3.63, 3.8) is 0 Å². The Morgan fingerprint density at radius 1 is 1.12 bits per heavy atom. The smallest absolute Gasteiger partial charge is 0.344 e. The molecular weight excluding hydrogens is 316 g/mol. The van der Waals surface area contributed by atoms with E-state index in [9.17, 15) is 9.59 Å². The van der Waals surface area contributed by atoms with Gasteiger partial charge in [0.05, 0.1) is 5.39 Å². The third kappa shape index (κ3) is 3.45. The molecule has 0 radical (unpaired) electrons. The molecule has 3 aromatic rings. The molecule has 0 fully saturated rings. The summed E-state index contributed by atoms with van der Waals surface area (Å²) in [6, 6.07) is 11.2. The molecule has 0 atom stereocenters. The van der Waals surface area contributed by atoms with Crippen molar-refractivity contribution >= 4 is 17.0 Å². The summed E-state index contributed by atoms with van der Waals surface area (Å²) in [4.78, 5) is 29.5. The number of esters is 1. The van der Waals surface area contributed by atoms with Crippen LogP contribution in [-0.2, 0) is 17.9 Å². The number of hydrogen-bond donors (Lipinski definition) is 0. The van der Waals surface area contributed by atoms with Crippen LogP contribution in [0.3, 0.4) is 0 Å². The highest BCUT2D eigenvalue weighted by Crippen LogP contribution is 2.12. The molecule has 2 heterocycles. The van der Waals surface area contributed by atoms with Gasteiger partial charge >= 0.3 is 5.97 Å². The fourth-order valence-corrected chi connectivity index (χ4v) is 2.66. The van der Waals surface area contributed by atoms with Crippen LogP contribution in [0.5, 0.6) is 0 Å². The lowest BCUT2D eigenvalue weighted by Gasteiger charge is -2.11. The predicted octanol–water partition coefficient (Wildman–Crippen LogP) is 3.39. The monoisotopic (exact) mass is 336 g/mol. The maximum absolute atomic E-state index is 12.7. The number of nitrogens with zero attached hydrogens (tertiary/aromatic N) is 2. The second kappa shape index (κ2) is 6.89. The van der Waals surface area contributed by atoms with Gasteiger partial charge in [0.1, 0.15) is 17.8 Å². The Hall–Kier alpha value is -2.95. The topological polar surface area (TPSA) is 61.2 Å². The Bertz CT molecular complexity index is 988. The number of fused-ring (bicyclic) bond motifs is 1. The summed E-state index contributed by atoms with van der Waals surface area (Å²) in [5.74, 6) is -0.616. The normalized spacial score (nSPS) is 10.8. The average molecular weight is 336 g/mol. The molecule has 5 heteroatoms. The number of carbonyl (C=O) groups excluding carboxylic acids is 1. The molecule has 0 saturated heterocycles. The zero-order valence-corrected chi connectivity index (χ0v) is 14.6. The number of hydrogen-bond acceptors (Lipinski definition) is 4. The van der Waals surface area contributed by atoms with Crippen molar-refractivity contribution in [1.82, 2.24) is 9.55 Å². The first-order chi connectivity index (χ1) is 12.0. The second-order valence-electron chi connectivity index (χ2n) is 6.04. The van der Waals surface area contributed by atoms with Crippen molar-refractivity contribution < 1.29 is 9.53 Å². The molecule has 0 aliphatic rings. The van der Waals surface area contributed by atoms with Crippen molar-refractivity contribution in [3.05, 3.63) is 75.2 Å². The van der Waals surface area contributed by atoms with Gasteiger partial charge in [-0.05, 0) is 38.5 Å². The fraction of sp³-hybridized carbons (Fsp3) is 0.250. The third-order valence-electron chi connectivity index (χ3n) is 4.11. The van der Waals surface area contributed by atoms with E-state index >= 15 is 0 Å². The molecule has 128 valence electrons. The van der Waals surface area contributed by atoms with Crippen LogP contribution < -0.4 is 5.43 Å². The van der Waals surface area contributed by atoms with Gasteiger partial charge in [0.25, 0.3) is 0 Å². The number of pyridine rings is 2. The summed E-state index contributed by atoms with van der Waals surface area (Å²) in [5.41, 5.74) is 3.12. The van der Waals surface area contributed by atoms with E-state index in [0.29, 0.717) is 17.6 Å². The van der Waals surface area contributed by atoms with Crippen LogP contribution in [-0.4, -0.2) is 15.5 Å². The van der Waals surface area contributed by atoms with Gasteiger partial charge in [-0.15, -0.1) is 0 Å². The molecule has 0 amide bonds. The summed E-state index contributed by atoms with van der Waals surface area (Å²) in [6.45, 7) is 6.54. The van der Waals surface area contributed by atoms with Gasteiger partial charge in [-0.2, -0.15) is 0 Å². The second-order valence-corrected chi connectivity index (χ2v) is 6.04. The highest BCUT2D eigenvalue weighted by atomic mass is 16.5. The molecule has 0 unspecified atom stereocenters. The highest BCUT2D eigenvalue weighted by Gasteiger charge is 2.17. The summed E-state index contributed by atoms with van der Waals surface area (Å²) in [5, 5.41) is 0.428. The molecule has 3 rings (SSSR count).